The maximum Gasteiger partial charge on any atom is 0.0772 e. The van der Waals surface area contributed by atoms with Gasteiger partial charge in [-0.05, 0) is 18.0 Å². The molecule has 0 aliphatic heterocycles. The van der Waals surface area contributed by atoms with Crippen molar-refractivity contribution in [3.8, 4) is 0 Å². The molecule has 0 saturated heterocycles. The minimum atomic E-state index is -0.674. The van der Waals surface area contributed by atoms with Crippen LogP contribution in [0.15, 0.2) is 30.3 Å². The van der Waals surface area contributed by atoms with Crippen LogP contribution in [-0.2, 0) is 5.54 Å². The molecule has 0 amide bonds. The molecule has 0 saturated carbocycles. The Morgan fingerprint density at radius 3 is 2.33 bits per heavy atom. The lowest BCUT2D eigenvalue weighted by Gasteiger charge is -2.34. The SMILES string of the molecule is CCN(CC(C)C)CC(N)(CO)c1ccccc1. The third-order valence-corrected chi connectivity index (χ3v) is 3.21. The molecule has 0 heterocycles. The highest BCUT2D eigenvalue weighted by Crippen LogP contribution is 2.19. The number of likely N-dealkylation sites (N-methyl/N-ethyl adjacent to an activating group) is 1. The average Bonchev–Trinajstić information content (AvgIpc) is 2.38. The highest BCUT2D eigenvalue weighted by atomic mass is 16.3. The van der Waals surface area contributed by atoms with E-state index in [0.717, 1.165) is 18.7 Å². The van der Waals surface area contributed by atoms with Gasteiger partial charge in [0.05, 0.1) is 12.1 Å². The van der Waals surface area contributed by atoms with Gasteiger partial charge in [-0.3, -0.25) is 0 Å². The monoisotopic (exact) mass is 250 g/mol. The number of nitrogens with zero attached hydrogens (tertiary/aromatic N) is 1. The van der Waals surface area contributed by atoms with Crippen molar-refractivity contribution in [2.45, 2.75) is 26.3 Å². The van der Waals surface area contributed by atoms with Gasteiger partial charge < -0.3 is 15.7 Å². The number of benzene rings is 1. The lowest BCUT2D eigenvalue weighted by atomic mass is 9.91. The van der Waals surface area contributed by atoms with Crippen molar-refractivity contribution in [1.29, 1.82) is 0 Å². The molecular formula is C15H26N2O. The third-order valence-electron chi connectivity index (χ3n) is 3.21. The summed E-state index contributed by atoms with van der Waals surface area (Å²) in [6, 6.07) is 9.86. The Bertz CT molecular complexity index is 340. The summed E-state index contributed by atoms with van der Waals surface area (Å²) in [5.41, 5.74) is 6.70. The minimum absolute atomic E-state index is 0.0361. The van der Waals surface area contributed by atoms with Gasteiger partial charge in [0.25, 0.3) is 0 Å². The Kier molecular flexibility index (Phi) is 5.79. The Balaban J connectivity index is 2.81. The van der Waals surface area contributed by atoms with Gasteiger partial charge in [0.1, 0.15) is 0 Å². The molecule has 1 aromatic carbocycles. The molecule has 0 aliphatic carbocycles. The molecule has 0 aliphatic rings. The first-order valence-corrected chi connectivity index (χ1v) is 6.69. The molecule has 0 radical (unpaired) electrons. The summed E-state index contributed by atoms with van der Waals surface area (Å²) in [5.74, 6) is 0.601. The Morgan fingerprint density at radius 1 is 1.28 bits per heavy atom. The van der Waals surface area contributed by atoms with Crippen molar-refractivity contribution >= 4 is 0 Å². The fourth-order valence-corrected chi connectivity index (χ4v) is 2.22. The Hall–Kier alpha value is -0.900. The van der Waals surface area contributed by atoms with Gasteiger partial charge in [0, 0.05) is 13.1 Å². The van der Waals surface area contributed by atoms with Crippen LogP contribution in [0.1, 0.15) is 26.3 Å². The standard InChI is InChI=1S/C15H26N2O/c1-4-17(10-13(2)3)11-15(16,12-18)14-8-6-5-7-9-14/h5-9,13,18H,4,10-12,16H2,1-3H3. The summed E-state index contributed by atoms with van der Waals surface area (Å²) in [5, 5.41) is 9.67. The maximum atomic E-state index is 9.67. The highest BCUT2D eigenvalue weighted by Gasteiger charge is 2.28. The van der Waals surface area contributed by atoms with Crippen LogP contribution < -0.4 is 5.73 Å². The molecule has 1 unspecified atom stereocenters. The summed E-state index contributed by atoms with van der Waals surface area (Å²) in [7, 11) is 0. The molecule has 0 aromatic heterocycles. The highest BCUT2D eigenvalue weighted by molar-refractivity contribution is 5.24. The molecule has 3 N–H and O–H groups in total. The van der Waals surface area contributed by atoms with Gasteiger partial charge in [0.15, 0.2) is 0 Å². The Morgan fingerprint density at radius 2 is 1.89 bits per heavy atom. The van der Waals surface area contributed by atoms with Crippen molar-refractivity contribution in [2.75, 3.05) is 26.2 Å². The first-order valence-electron chi connectivity index (χ1n) is 6.69. The van der Waals surface area contributed by atoms with E-state index in [-0.39, 0.29) is 6.61 Å². The van der Waals surface area contributed by atoms with Gasteiger partial charge in [-0.25, -0.2) is 0 Å². The van der Waals surface area contributed by atoms with Crippen molar-refractivity contribution in [2.24, 2.45) is 11.7 Å². The number of rotatable bonds is 7. The number of aliphatic hydroxyl groups is 1. The topological polar surface area (TPSA) is 49.5 Å². The fraction of sp³-hybridized carbons (Fsp3) is 0.600. The predicted molar refractivity (Wildman–Crippen MR) is 76.3 cm³/mol. The van der Waals surface area contributed by atoms with E-state index in [1.54, 1.807) is 0 Å². The van der Waals surface area contributed by atoms with Crippen LogP contribution in [0.5, 0.6) is 0 Å². The zero-order valence-electron chi connectivity index (χ0n) is 11.8. The number of hydrogen-bond acceptors (Lipinski definition) is 3. The summed E-state index contributed by atoms with van der Waals surface area (Å²) >= 11 is 0. The molecule has 0 bridgehead atoms. The number of aliphatic hydroxyl groups excluding tert-OH is 1. The van der Waals surface area contributed by atoms with Crippen molar-refractivity contribution in [3.05, 3.63) is 35.9 Å². The molecule has 0 fully saturated rings. The van der Waals surface area contributed by atoms with Crippen molar-refractivity contribution in [1.82, 2.24) is 4.90 Å². The summed E-state index contributed by atoms with van der Waals surface area (Å²) in [6.07, 6.45) is 0. The lowest BCUT2D eigenvalue weighted by molar-refractivity contribution is 0.131. The minimum Gasteiger partial charge on any atom is -0.394 e. The van der Waals surface area contributed by atoms with E-state index in [1.807, 2.05) is 30.3 Å². The van der Waals surface area contributed by atoms with Crippen LogP contribution in [0, 0.1) is 5.92 Å². The lowest BCUT2D eigenvalue weighted by Crippen LogP contribution is -2.51. The average molecular weight is 250 g/mol. The quantitative estimate of drug-likeness (QED) is 0.776. The van der Waals surface area contributed by atoms with Crippen LogP contribution in [0.2, 0.25) is 0 Å². The number of nitrogens with two attached hydrogens (primary N) is 1. The summed E-state index contributed by atoms with van der Waals surface area (Å²) in [6.45, 7) is 9.12. The van der Waals surface area contributed by atoms with E-state index >= 15 is 0 Å². The smallest absolute Gasteiger partial charge is 0.0772 e. The van der Waals surface area contributed by atoms with E-state index < -0.39 is 5.54 Å². The Labute approximate surface area is 111 Å². The summed E-state index contributed by atoms with van der Waals surface area (Å²) in [4.78, 5) is 2.30. The van der Waals surface area contributed by atoms with Gasteiger partial charge in [0.2, 0.25) is 0 Å². The molecule has 1 aromatic rings. The van der Waals surface area contributed by atoms with E-state index in [2.05, 4.69) is 25.7 Å². The second kappa shape index (κ2) is 6.88. The van der Waals surface area contributed by atoms with Crippen molar-refractivity contribution < 1.29 is 5.11 Å². The van der Waals surface area contributed by atoms with Gasteiger partial charge >= 0.3 is 0 Å². The third kappa shape index (κ3) is 4.09. The summed E-state index contributed by atoms with van der Waals surface area (Å²) < 4.78 is 0. The molecule has 102 valence electrons. The normalized spacial score (nSPS) is 15.1. The van der Waals surface area contributed by atoms with Crippen molar-refractivity contribution in [3.63, 3.8) is 0 Å². The van der Waals surface area contributed by atoms with E-state index in [1.165, 1.54) is 0 Å². The van der Waals surface area contributed by atoms with Crippen LogP contribution in [-0.4, -0.2) is 36.2 Å². The molecular weight excluding hydrogens is 224 g/mol. The first kappa shape index (κ1) is 15.2. The van der Waals surface area contributed by atoms with E-state index in [9.17, 15) is 5.11 Å². The predicted octanol–water partition coefficient (Wildman–Crippen LogP) is 1.81. The van der Waals surface area contributed by atoms with Crippen LogP contribution in [0.4, 0.5) is 0 Å². The van der Waals surface area contributed by atoms with Gasteiger partial charge in [-0.1, -0.05) is 51.1 Å². The number of hydrogen-bond donors (Lipinski definition) is 2. The maximum absolute atomic E-state index is 9.67. The van der Waals surface area contributed by atoms with E-state index in [0.29, 0.717) is 12.5 Å². The largest absolute Gasteiger partial charge is 0.394 e. The first-order chi connectivity index (χ1) is 8.51. The molecule has 3 heteroatoms. The second-order valence-corrected chi connectivity index (χ2v) is 5.40. The molecule has 0 spiro atoms. The van der Waals surface area contributed by atoms with Crippen LogP contribution >= 0.6 is 0 Å². The zero-order valence-corrected chi connectivity index (χ0v) is 11.8. The van der Waals surface area contributed by atoms with E-state index in [4.69, 9.17) is 5.73 Å². The van der Waals surface area contributed by atoms with Crippen LogP contribution in [0.3, 0.4) is 0 Å². The molecule has 1 atom stereocenters. The zero-order chi connectivity index (χ0) is 13.6. The van der Waals surface area contributed by atoms with Gasteiger partial charge in [-0.15, -0.1) is 0 Å². The van der Waals surface area contributed by atoms with Gasteiger partial charge in [-0.2, -0.15) is 0 Å². The molecule has 18 heavy (non-hydrogen) atoms. The van der Waals surface area contributed by atoms with Crippen LogP contribution in [0.25, 0.3) is 0 Å². The molecule has 1 rings (SSSR count). The molecule has 3 nitrogen and oxygen atoms in total. The fourth-order valence-electron chi connectivity index (χ4n) is 2.22. The second-order valence-electron chi connectivity index (χ2n) is 5.40.